The number of para-hydroxylation sites is 1. The number of fused-ring (bicyclic) bond motifs is 2. The lowest BCUT2D eigenvalue weighted by Crippen LogP contribution is -2.31. The molecule has 162 valence electrons. The molecule has 0 unspecified atom stereocenters. The van der Waals surface area contributed by atoms with Crippen molar-refractivity contribution in [1.29, 1.82) is 0 Å². The van der Waals surface area contributed by atoms with Crippen molar-refractivity contribution in [3.05, 3.63) is 120 Å². The molecule has 5 aromatic rings. The molecule has 0 saturated heterocycles. The second-order valence-electron chi connectivity index (χ2n) is 8.78. The van der Waals surface area contributed by atoms with E-state index in [9.17, 15) is 0 Å². The van der Waals surface area contributed by atoms with Crippen LogP contribution in [0.25, 0.3) is 22.3 Å². The molecule has 0 spiro atoms. The molecule has 3 aromatic carbocycles. The summed E-state index contributed by atoms with van der Waals surface area (Å²) in [6.07, 6.45) is 5.35. The molecular weight excluding hydrogens is 404 g/mol. The molecule has 0 aliphatic carbocycles. The lowest BCUT2D eigenvalue weighted by molar-refractivity contribution is 0.242. The van der Waals surface area contributed by atoms with E-state index in [0.29, 0.717) is 0 Å². The summed E-state index contributed by atoms with van der Waals surface area (Å²) in [6.45, 7) is 3.69. The average molecular weight is 431 g/mol. The molecule has 4 heteroatoms. The van der Waals surface area contributed by atoms with E-state index in [1.54, 1.807) is 0 Å². The molecule has 0 radical (unpaired) electrons. The van der Waals surface area contributed by atoms with Crippen LogP contribution >= 0.6 is 0 Å². The van der Waals surface area contributed by atoms with E-state index >= 15 is 0 Å². The third kappa shape index (κ3) is 4.06. The van der Waals surface area contributed by atoms with Crippen LogP contribution in [-0.2, 0) is 26.1 Å². The second kappa shape index (κ2) is 8.64. The van der Waals surface area contributed by atoms with E-state index in [1.807, 2.05) is 24.4 Å². The SMILES string of the molecule is c1ccc(Cn2cc(CN3CCc4cnc(-c5ccccc5)nc4C3)c3ccccc32)cc1. The minimum Gasteiger partial charge on any atom is -0.343 e. The summed E-state index contributed by atoms with van der Waals surface area (Å²) in [5, 5.41) is 1.34. The van der Waals surface area contributed by atoms with Crippen molar-refractivity contribution in [1.82, 2.24) is 19.4 Å². The highest BCUT2D eigenvalue weighted by Gasteiger charge is 2.20. The molecule has 0 N–H and O–H groups in total. The highest BCUT2D eigenvalue weighted by Crippen LogP contribution is 2.27. The maximum absolute atomic E-state index is 4.94. The zero-order valence-electron chi connectivity index (χ0n) is 18.6. The molecule has 0 amide bonds. The van der Waals surface area contributed by atoms with Crippen LogP contribution < -0.4 is 0 Å². The molecule has 0 bridgehead atoms. The van der Waals surface area contributed by atoms with Gasteiger partial charge in [0.05, 0.1) is 5.69 Å². The summed E-state index contributed by atoms with van der Waals surface area (Å²) >= 11 is 0. The molecule has 6 rings (SSSR count). The smallest absolute Gasteiger partial charge is 0.159 e. The summed E-state index contributed by atoms with van der Waals surface area (Å²) in [5.41, 5.74) is 7.49. The van der Waals surface area contributed by atoms with Crippen molar-refractivity contribution in [3.8, 4) is 11.4 Å². The zero-order valence-corrected chi connectivity index (χ0v) is 18.6. The van der Waals surface area contributed by atoms with Crippen molar-refractivity contribution in [2.24, 2.45) is 0 Å². The van der Waals surface area contributed by atoms with Crippen molar-refractivity contribution >= 4 is 10.9 Å². The average Bonchev–Trinajstić information content (AvgIpc) is 3.21. The molecular formula is C29H26N4. The van der Waals surface area contributed by atoms with Gasteiger partial charge in [-0.1, -0.05) is 78.9 Å². The van der Waals surface area contributed by atoms with Gasteiger partial charge >= 0.3 is 0 Å². The molecule has 0 saturated carbocycles. The van der Waals surface area contributed by atoms with Gasteiger partial charge in [0.2, 0.25) is 0 Å². The van der Waals surface area contributed by atoms with Crippen LogP contribution in [0.4, 0.5) is 0 Å². The van der Waals surface area contributed by atoms with Crippen molar-refractivity contribution in [3.63, 3.8) is 0 Å². The summed E-state index contributed by atoms with van der Waals surface area (Å²) in [4.78, 5) is 12.1. The Morgan fingerprint density at radius 3 is 2.39 bits per heavy atom. The third-order valence-corrected chi connectivity index (χ3v) is 6.52. The third-order valence-electron chi connectivity index (χ3n) is 6.52. The summed E-state index contributed by atoms with van der Waals surface area (Å²) in [6, 6.07) is 29.7. The van der Waals surface area contributed by atoms with Gasteiger partial charge in [-0.25, -0.2) is 9.97 Å². The van der Waals surface area contributed by atoms with Crippen LogP contribution in [0.2, 0.25) is 0 Å². The lowest BCUT2D eigenvalue weighted by Gasteiger charge is -2.27. The van der Waals surface area contributed by atoms with Gasteiger partial charge in [0, 0.05) is 55.0 Å². The van der Waals surface area contributed by atoms with Crippen molar-refractivity contribution in [2.75, 3.05) is 6.54 Å². The molecule has 4 nitrogen and oxygen atoms in total. The zero-order chi connectivity index (χ0) is 22.0. The van der Waals surface area contributed by atoms with Crippen LogP contribution in [0.3, 0.4) is 0 Å². The van der Waals surface area contributed by atoms with E-state index in [2.05, 4.69) is 87.4 Å². The summed E-state index contributed by atoms with van der Waals surface area (Å²) < 4.78 is 2.38. The van der Waals surface area contributed by atoms with Crippen LogP contribution in [-0.4, -0.2) is 26.0 Å². The Kier molecular flexibility index (Phi) is 5.21. The molecule has 1 aliphatic heterocycles. The summed E-state index contributed by atoms with van der Waals surface area (Å²) in [7, 11) is 0. The number of hydrogen-bond acceptors (Lipinski definition) is 3. The maximum Gasteiger partial charge on any atom is 0.159 e. The van der Waals surface area contributed by atoms with Crippen molar-refractivity contribution in [2.45, 2.75) is 26.1 Å². The largest absolute Gasteiger partial charge is 0.343 e. The Balaban J connectivity index is 1.27. The van der Waals surface area contributed by atoms with Gasteiger partial charge in [0.1, 0.15) is 0 Å². The number of aromatic nitrogens is 3. The first-order valence-corrected chi connectivity index (χ1v) is 11.6. The van der Waals surface area contributed by atoms with Gasteiger partial charge in [-0.2, -0.15) is 0 Å². The van der Waals surface area contributed by atoms with Crippen LogP contribution in [0.1, 0.15) is 22.4 Å². The second-order valence-corrected chi connectivity index (χ2v) is 8.78. The number of nitrogens with zero attached hydrogens (tertiary/aromatic N) is 4. The van der Waals surface area contributed by atoms with Crippen LogP contribution in [0.15, 0.2) is 97.3 Å². The van der Waals surface area contributed by atoms with Gasteiger partial charge in [-0.05, 0) is 29.2 Å². The van der Waals surface area contributed by atoms with Gasteiger partial charge in [-0.15, -0.1) is 0 Å². The number of hydrogen-bond donors (Lipinski definition) is 0. The first-order chi connectivity index (χ1) is 16.3. The molecule has 0 atom stereocenters. The molecule has 0 fully saturated rings. The van der Waals surface area contributed by atoms with E-state index in [4.69, 9.17) is 4.98 Å². The molecule has 33 heavy (non-hydrogen) atoms. The predicted octanol–water partition coefficient (Wildman–Crippen LogP) is 5.70. The van der Waals surface area contributed by atoms with E-state index in [-0.39, 0.29) is 0 Å². The fourth-order valence-electron chi connectivity index (χ4n) is 4.82. The van der Waals surface area contributed by atoms with E-state index in [1.165, 1.54) is 27.6 Å². The Bertz CT molecular complexity index is 1390. The van der Waals surface area contributed by atoms with Gasteiger partial charge in [-0.3, -0.25) is 4.90 Å². The van der Waals surface area contributed by atoms with Crippen LogP contribution in [0.5, 0.6) is 0 Å². The molecule has 3 heterocycles. The first-order valence-electron chi connectivity index (χ1n) is 11.6. The number of rotatable bonds is 5. The highest BCUT2D eigenvalue weighted by atomic mass is 15.1. The highest BCUT2D eigenvalue weighted by molar-refractivity contribution is 5.84. The Labute approximate surface area is 194 Å². The number of benzene rings is 3. The van der Waals surface area contributed by atoms with Gasteiger partial charge in [0.25, 0.3) is 0 Å². The van der Waals surface area contributed by atoms with Crippen molar-refractivity contribution < 1.29 is 0 Å². The Hall–Kier alpha value is -3.76. The Morgan fingerprint density at radius 1 is 0.788 bits per heavy atom. The fourth-order valence-corrected chi connectivity index (χ4v) is 4.82. The van der Waals surface area contributed by atoms with E-state index < -0.39 is 0 Å². The minimum absolute atomic E-state index is 0.815. The monoisotopic (exact) mass is 430 g/mol. The topological polar surface area (TPSA) is 34.0 Å². The fraction of sp³-hybridized carbons (Fsp3) is 0.172. The predicted molar refractivity (Wildman–Crippen MR) is 133 cm³/mol. The summed E-state index contributed by atoms with van der Waals surface area (Å²) in [5.74, 6) is 0.815. The maximum atomic E-state index is 4.94. The minimum atomic E-state index is 0.815. The van der Waals surface area contributed by atoms with Gasteiger partial charge < -0.3 is 4.57 Å². The molecule has 1 aliphatic rings. The van der Waals surface area contributed by atoms with E-state index in [0.717, 1.165) is 49.7 Å². The standard InChI is InChI=1S/C29H26N4/c1-3-9-22(10-4-1)18-33-20-25(26-13-7-8-14-28(26)33)19-32-16-15-24-17-30-29(31-27(24)21-32)23-11-5-2-6-12-23/h1-14,17,20H,15-16,18-19,21H2. The Morgan fingerprint density at radius 2 is 1.55 bits per heavy atom. The quantitative estimate of drug-likeness (QED) is 0.358. The lowest BCUT2D eigenvalue weighted by atomic mass is 10.1. The normalized spacial score (nSPS) is 13.8. The molecule has 2 aromatic heterocycles. The van der Waals surface area contributed by atoms with Gasteiger partial charge in [0.15, 0.2) is 5.82 Å². The van der Waals surface area contributed by atoms with Crippen LogP contribution in [0, 0.1) is 0 Å². The first kappa shape index (κ1) is 19.9.